The average Bonchev–Trinajstić information content (AvgIpc) is 2.86. The van der Waals surface area contributed by atoms with Gasteiger partial charge in [-0.15, -0.1) is 0 Å². The molecule has 2 aromatic rings. The van der Waals surface area contributed by atoms with E-state index in [0.717, 1.165) is 28.4 Å². The summed E-state index contributed by atoms with van der Waals surface area (Å²) in [6.07, 6.45) is 5.29. The molecule has 2 unspecified atom stereocenters. The van der Waals surface area contributed by atoms with Crippen molar-refractivity contribution in [2.24, 2.45) is 5.92 Å². The Labute approximate surface area is 127 Å². The molecule has 0 bridgehead atoms. The molecular formula is C16H18BrN3. The molecule has 2 heterocycles. The molecule has 1 fully saturated rings. The van der Waals surface area contributed by atoms with E-state index in [1.165, 1.54) is 31.2 Å². The zero-order chi connectivity index (χ0) is 13.5. The number of nitrogens with one attached hydrogen (secondary N) is 1. The van der Waals surface area contributed by atoms with E-state index in [9.17, 15) is 0 Å². The molecule has 1 N–H and O–H groups in total. The fraction of sp³-hybridized carbons (Fsp3) is 0.438. The second-order valence-corrected chi connectivity index (χ2v) is 6.61. The van der Waals surface area contributed by atoms with Crippen LogP contribution in [0.15, 0.2) is 34.8 Å². The second kappa shape index (κ2) is 4.92. The highest BCUT2D eigenvalue weighted by molar-refractivity contribution is 9.10. The first-order valence-electron chi connectivity index (χ1n) is 7.42. The summed E-state index contributed by atoms with van der Waals surface area (Å²) in [5, 5.41) is 8.49. The summed E-state index contributed by atoms with van der Waals surface area (Å²) in [6.45, 7) is 1.09. The SMILES string of the molecule is Brc1c(-c2ccccc2)nn2c1NCC1CCCCC12. The summed E-state index contributed by atoms with van der Waals surface area (Å²) < 4.78 is 3.34. The maximum Gasteiger partial charge on any atom is 0.139 e. The standard InChI is InChI=1S/C16H18BrN3/c17-14-15(11-6-2-1-3-7-11)19-20-13-9-5-4-8-12(13)10-18-16(14)20/h1-3,6-7,12-13,18H,4-5,8-10H2. The lowest BCUT2D eigenvalue weighted by Crippen LogP contribution is -2.35. The highest BCUT2D eigenvalue weighted by Gasteiger charge is 2.34. The second-order valence-electron chi connectivity index (χ2n) is 5.81. The minimum absolute atomic E-state index is 0.578. The van der Waals surface area contributed by atoms with Gasteiger partial charge in [-0.05, 0) is 34.7 Å². The molecular weight excluding hydrogens is 314 g/mol. The van der Waals surface area contributed by atoms with E-state index in [2.05, 4.69) is 50.2 Å². The van der Waals surface area contributed by atoms with Gasteiger partial charge < -0.3 is 5.32 Å². The molecule has 2 atom stereocenters. The van der Waals surface area contributed by atoms with Gasteiger partial charge in [0.2, 0.25) is 0 Å². The van der Waals surface area contributed by atoms with Crippen LogP contribution in [0.2, 0.25) is 0 Å². The number of fused-ring (bicyclic) bond motifs is 3. The molecule has 0 radical (unpaired) electrons. The highest BCUT2D eigenvalue weighted by atomic mass is 79.9. The van der Waals surface area contributed by atoms with Crippen molar-refractivity contribution in [1.29, 1.82) is 0 Å². The van der Waals surface area contributed by atoms with Crippen molar-refractivity contribution in [2.45, 2.75) is 31.7 Å². The number of halogens is 1. The lowest BCUT2D eigenvalue weighted by atomic mass is 9.83. The van der Waals surface area contributed by atoms with E-state index in [1.54, 1.807) is 0 Å². The molecule has 104 valence electrons. The predicted molar refractivity (Wildman–Crippen MR) is 84.8 cm³/mol. The van der Waals surface area contributed by atoms with E-state index in [0.29, 0.717) is 6.04 Å². The van der Waals surface area contributed by atoms with Crippen molar-refractivity contribution >= 4 is 21.7 Å². The van der Waals surface area contributed by atoms with Gasteiger partial charge in [0.1, 0.15) is 11.5 Å². The fourth-order valence-electron chi connectivity index (χ4n) is 3.57. The molecule has 4 rings (SSSR count). The van der Waals surface area contributed by atoms with Crippen LogP contribution in [0.3, 0.4) is 0 Å². The topological polar surface area (TPSA) is 29.9 Å². The van der Waals surface area contributed by atoms with Crippen molar-refractivity contribution in [3.63, 3.8) is 0 Å². The quantitative estimate of drug-likeness (QED) is 0.835. The maximum atomic E-state index is 4.91. The van der Waals surface area contributed by atoms with Crippen LogP contribution in [0, 0.1) is 5.92 Å². The van der Waals surface area contributed by atoms with E-state index in [1.807, 2.05) is 6.07 Å². The van der Waals surface area contributed by atoms with E-state index in [4.69, 9.17) is 5.10 Å². The number of aromatic nitrogens is 2. The molecule has 2 aliphatic rings. The van der Waals surface area contributed by atoms with Crippen molar-refractivity contribution in [2.75, 3.05) is 11.9 Å². The summed E-state index contributed by atoms with van der Waals surface area (Å²) in [5.41, 5.74) is 2.23. The Morgan fingerprint density at radius 3 is 2.80 bits per heavy atom. The van der Waals surface area contributed by atoms with Crippen molar-refractivity contribution in [3.8, 4) is 11.3 Å². The number of hydrogen-bond donors (Lipinski definition) is 1. The van der Waals surface area contributed by atoms with Gasteiger partial charge in [-0.3, -0.25) is 0 Å². The van der Waals surface area contributed by atoms with Gasteiger partial charge in [-0.25, -0.2) is 4.68 Å². The zero-order valence-corrected chi connectivity index (χ0v) is 12.9. The molecule has 0 amide bonds. The van der Waals surface area contributed by atoms with Crippen LogP contribution in [0.25, 0.3) is 11.3 Å². The molecule has 1 aromatic heterocycles. The van der Waals surface area contributed by atoms with E-state index >= 15 is 0 Å². The van der Waals surface area contributed by atoms with Gasteiger partial charge in [-0.2, -0.15) is 5.10 Å². The Hall–Kier alpha value is -1.29. The zero-order valence-electron chi connectivity index (χ0n) is 11.3. The molecule has 3 nitrogen and oxygen atoms in total. The maximum absolute atomic E-state index is 4.91. The minimum Gasteiger partial charge on any atom is -0.369 e. The van der Waals surface area contributed by atoms with Gasteiger partial charge >= 0.3 is 0 Å². The first kappa shape index (κ1) is 12.5. The number of hydrogen-bond acceptors (Lipinski definition) is 2. The van der Waals surface area contributed by atoms with Crippen LogP contribution in [0.4, 0.5) is 5.82 Å². The molecule has 1 aliphatic carbocycles. The van der Waals surface area contributed by atoms with Crippen molar-refractivity contribution in [1.82, 2.24) is 9.78 Å². The lowest BCUT2D eigenvalue weighted by Gasteiger charge is -2.37. The third kappa shape index (κ3) is 1.89. The molecule has 1 aromatic carbocycles. The third-order valence-electron chi connectivity index (χ3n) is 4.61. The summed E-state index contributed by atoms with van der Waals surface area (Å²) in [7, 11) is 0. The van der Waals surface area contributed by atoms with Crippen LogP contribution in [0.5, 0.6) is 0 Å². The summed E-state index contributed by atoms with van der Waals surface area (Å²) in [5.74, 6) is 1.90. The van der Waals surface area contributed by atoms with Gasteiger partial charge in [0.05, 0.1) is 10.5 Å². The van der Waals surface area contributed by atoms with Crippen LogP contribution in [-0.2, 0) is 0 Å². The number of rotatable bonds is 1. The fourth-order valence-corrected chi connectivity index (χ4v) is 4.20. The van der Waals surface area contributed by atoms with Crippen LogP contribution in [-0.4, -0.2) is 16.3 Å². The lowest BCUT2D eigenvalue weighted by molar-refractivity contribution is 0.222. The van der Waals surface area contributed by atoms with Gasteiger partial charge in [0, 0.05) is 12.1 Å². The van der Waals surface area contributed by atoms with Crippen molar-refractivity contribution < 1.29 is 0 Å². The van der Waals surface area contributed by atoms with E-state index in [-0.39, 0.29) is 0 Å². The van der Waals surface area contributed by atoms with Gasteiger partial charge in [-0.1, -0.05) is 43.2 Å². The average molecular weight is 332 g/mol. The molecule has 4 heteroatoms. The van der Waals surface area contributed by atoms with Crippen molar-refractivity contribution in [3.05, 3.63) is 34.8 Å². The molecule has 0 saturated heterocycles. The van der Waals surface area contributed by atoms with Crippen LogP contribution < -0.4 is 5.32 Å². The Morgan fingerprint density at radius 1 is 1.15 bits per heavy atom. The number of benzene rings is 1. The largest absolute Gasteiger partial charge is 0.369 e. The third-order valence-corrected chi connectivity index (χ3v) is 5.37. The van der Waals surface area contributed by atoms with E-state index < -0.39 is 0 Å². The predicted octanol–water partition coefficient (Wildman–Crippen LogP) is 4.47. The summed E-state index contributed by atoms with van der Waals surface area (Å²) >= 11 is 3.74. The van der Waals surface area contributed by atoms with Crippen LogP contribution in [0.1, 0.15) is 31.7 Å². The number of anilines is 1. The Kier molecular flexibility index (Phi) is 3.06. The van der Waals surface area contributed by atoms with Gasteiger partial charge in [0.25, 0.3) is 0 Å². The normalized spacial score (nSPS) is 24.6. The summed E-state index contributed by atoms with van der Waals surface area (Å²) in [4.78, 5) is 0. The monoisotopic (exact) mass is 331 g/mol. The molecule has 1 aliphatic heterocycles. The molecule has 20 heavy (non-hydrogen) atoms. The Balaban J connectivity index is 1.80. The first-order valence-corrected chi connectivity index (χ1v) is 8.21. The number of nitrogens with zero attached hydrogens (tertiary/aromatic N) is 2. The summed E-state index contributed by atoms with van der Waals surface area (Å²) in [6, 6.07) is 11.0. The molecule has 1 saturated carbocycles. The molecule has 0 spiro atoms. The van der Waals surface area contributed by atoms with Gasteiger partial charge in [0.15, 0.2) is 0 Å². The van der Waals surface area contributed by atoms with Crippen LogP contribution >= 0.6 is 15.9 Å². The Bertz CT molecular complexity index is 620. The first-order chi connectivity index (χ1) is 9.84. The minimum atomic E-state index is 0.578. The highest BCUT2D eigenvalue weighted by Crippen LogP contribution is 2.43. The smallest absolute Gasteiger partial charge is 0.139 e. The Morgan fingerprint density at radius 2 is 1.95 bits per heavy atom.